The largest absolute Gasteiger partial charge is 0.388 e. The lowest BCUT2D eigenvalue weighted by molar-refractivity contribution is -0.125. The number of rotatable bonds is 7. The zero-order chi connectivity index (χ0) is 20.3. The molecule has 0 saturated heterocycles. The van der Waals surface area contributed by atoms with E-state index in [0.29, 0.717) is 12.6 Å². The Morgan fingerprint density at radius 3 is 2.29 bits per heavy atom. The first-order chi connectivity index (χ1) is 13.3. The monoisotopic (exact) mass is 380 g/mol. The number of anilines is 3. The Morgan fingerprint density at radius 1 is 1.14 bits per heavy atom. The summed E-state index contributed by atoms with van der Waals surface area (Å²) >= 11 is 0. The highest BCUT2D eigenvalue weighted by Crippen LogP contribution is 2.31. The molecule has 1 heterocycles. The van der Waals surface area contributed by atoms with Crippen LogP contribution >= 0.6 is 0 Å². The van der Waals surface area contributed by atoms with Gasteiger partial charge in [0.15, 0.2) is 0 Å². The molecule has 1 aliphatic rings. The molecule has 1 N–H and O–H groups in total. The number of pyridine rings is 1. The Balaban J connectivity index is 1.83. The SMILES string of the molecule is CCN(c1ccc(CN(C(=O)C(C)(C)C)c2ccc(NC)cc2)cn1)C1CC1. The third-order valence-corrected chi connectivity index (χ3v) is 5.13. The molecule has 1 saturated carbocycles. The Bertz CT molecular complexity index is 789. The fourth-order valence-electron chi connectivity index (χ4n) is 3.35. The van der Waals surface area contributed by atoms with Crippen LogP contribution in [0.25, 0.3) is 0 Å². The molecule has 1 aliphatic carbocycles. The van der Waals surface area contributed by atoms with Crippen molar-refractivity contribution in [2.75, 3.05) is 28.7 Å². The standard InChI is InChI=1S/C23H32N4O/c1-6-26(19-12-13-19)21-14-7-17(15-25-21)16-27(22(28)23(2,3)4)20-10-8-18(24-5)9-11-20/h7-11,14-15,19,24H,6,12-13,16H2,1-5H3. The lowest BCUT2D eigenvalue weighted by atomic mass is 9.94. The van der Waals surface area contributed by atoms with Crippen LogP contribution < -0.4 is 15.1 Å². The summed E-state index contributed by atoms with van der Waals surface area (Å²) in [6, 6.07) is 12.8. The maximum absolute atomic E-state index is 13.1. The molecule has 1 aromatic heterocycles. The molecule has 0 aliphatic heterocycles. The summed E-state index contributed by atoms with van der Waals surface area (Å²) in [6.07, 6.45) is 4.42. The average Bonchev–Trinajstić information content (AvgIpc) is 3.52. The van der Waals surface area contributed by atoms with Gasteiger partial charge in [0.05, 0.1) is 6.54 Å². The zero-order valence-electron chi connectivity index (χ0n) is 17.7. The Labute approximate surface area is 168 Å². The van der Waals surface area contributed by atoms with E-state index in [1.165, 1.54) is 12.8 Å². The van der Waals surface area contributed by atoms with E-state index < -0.39 is 5.41 Å². The summed E-state index contributed by atoms with van der Waals surface area (Å²) in [5, 5.41) is 3.12. The highest BCUT2D eigenvalue weighted by Gasteiger charge is 2.30. The minimum absolute atomic E-state index is 0.0990. The first kappa shape index (κ1) is 20.2. The normalized spacial score (nSPS) is 13.9. The van der Waals surface area contributed by atoms with Gasteiger partial charge in [-0.1, -0.05) is 26.8 Å². The summed E-state index contributed by atoms with van der Waals surface area (Å²) < 4.78 is 0. The first-order valence-electron chi connectivity index (χ1n) is 10.1. The van der Waals surface area contributed by atoms with Gasteiger partial charge in [-0.05, 0) is 55.7 Å². The second-order valence-electron chi connectivity index (χ2n) is 8.48. The number of hydrogen-bond donors (Lipinski definition) is 1. The summed E-state index contributed by atoms with van der Waals surface area (Å²) in [5.74, 6) is 1.13. The third kappa shape index (κ3) is 4.64. The van der Waals surface area contributed by atoms with E-state index in [0.717, 1.165) is 29.3 Å². The van der Waals surface area contributed by atoms with E-state index in [2.05, 4.69) is 34.3 Å². The van der Waals surface area contributed by atoms with Crippen molar-refractivity contribution in [2.24, 2.45) is 5.41 Å². The van der Waals surface area contributed by atoms with E-state index in [1.54, 1.807) is 0 Å². The van der Waals surface area contributed by atoms with Crippen molar-refractivity contribution in [2.45, 2.75) is 53.1 Å². The molecule has 1 amide bonds. The number of nitrogens with zero attached hydrogens (tertiary/aromatic N) is 3. The van der Waals surface area contributed by atoms with Crippen molar-refractivity contribution >= 4 is 23.1 Å². The average molecular weight is 381 g/mol. The zero-order valence-corrected chi connectivity index (χ0v) is 17.7. The van der Waals surface area contributed by atoms with Crippen LogP contribution in [-0.4, -0.2) is 30.5 Å². The van der Waals surface area contributed by atoms with E-state index in [9.17, 15) is 4.79 Å². The quantitative estimate of drug-likeness (QED) is 0.757. The molecule has 2 aromatic rings. The number of benzene rings is 1. The van der Waals surface area contributed by atoms with Crippen LogP contribution in [-0.2, 0) is 11.3 Å². The van der Waals surface area contributed by atoms with Crippen LogP contribution in [0.15, 0.2) is 42.6 Å². The van der Waals surface area contributed by atoms with Gasteiger partial charge in [0.1, 0.15) is 5.82 Å². The molecule has 0 spiro atoms. The van der Waals surface area contributed by atoms with Gasteiger partial charge < -0.3 is 15.1 Å². The Hall–Kier alpha value is -2.56. The van der Waals surface area contributed by atoms with Gasteiger partial charge in [0.25, 0.3) is 0 Å². The Morgan fingerprint density at radius 2 is 1.82 bits per heavy atom. The number of hydrogen-bond acceptors (Lipinski definition) is 4. The molecule has 5 heteroatoms. The Kier molecular flexibility index (Phi) is 5.92. The topological polar surface area (TPSA) is 48.5 Å². The highest BCUT2D eigenvalue weighted by atomic mass is 16.2. The predicted octanol–water partition coefficient (Wildman–Crippen LogP) is 4.69. The van der Waals surface area contributed by atoms with Gasteiger partial charge in [-0.3, -0.25) is 4.79 Å². The number of aromatic nitrogens is 1. The molecule has 0 unspecified atom stereocenters. The van der Waals surface area contributed by atoms with Crippen LogP contribution in [0.2, 0.25) is 0 Å². The van der Waals surface area contributed by atoms with Crippen molar-refractivity contribution in [1.82, 2.24) is 4.98 Å². The maximum atomic E-state index is 13.1. The smallest absolute Gasteiger partial charge is 0.232 e. The van der Waals surface area contributed by atoms with Gasteiger partial charge in [0.2, 0.25) is 5.91 Å². The molecule has 150 valence electrons. The van der Waals surface area contributed by atoms with Crippen LogP contribution in [0.4, 0.5) is 17.2 Å². The molecule has 0 radical (unpaired) electrons. The molecular formula is C23H32N4O. The lowest BCUT2D eigenvalue weighted by Crippen LogP contribution is -2.39. The summed E-state index contributed by atoms with van der Waals surface area (Å²) in [6.45, 7) is 9.54. The second kappa shape index (κ2) is 8.21. The van der Waals surface area contributed by atoms with Crippen molar-refractivity contribution in [3.8, 4) is 0 Å². The van der Waals surface area contributed by atoms with Crippen molar-refractivity contribution in [3.63, 3.8) is 0 Å². The predicted molar refractivity (Wildman–Crippen MR) is 117 cm³/mol. The fraction of sp³-hybridized carbons (Fsp3) is 0.478. The molecule has 1 fully saturated rings. The van der Waals surface area contributed by atoms with E-state index >= 15 is 0 Å². The van der Waals surface area contributed by atoms with Crippen LogP contribution in [0.1, 0.15) is 46.1 Å². The molecule has 28 heavy (non-hydrogen) atoms. The van der Waals surface area contributed by atoms with Crippen molar-refractivity contribution in [1.29, 1.82) is 0 Å². The van der Waals surface area contributed by atoms with Crippen molar-refractivity contribution in [3.05, 3.63) is 48.2 Å². The molecule has 1 aromatic carbocycles. The van der Waals surface area contributed by atoms with Gasteiger partial charge >= 0.3 is 0 Å². The number of carbonyl (C=O) groups is 1. The van der Waals surface area contributed by atoms with Crippen LogP contribution in [0, 0.1) is 5.41 Å². The first-order valence-corrected chi connectivity index (χ1v) is 10.1. The molecule has 5 nitrogen and oxygen atoms in total. The van der Waals surface area contributed by atoms with Crippen LogP contribution in [0.5, 0.6) is 0 Å². The summed E-state index contributed by atoms with van der Waals surface area (Å²) in [4.78, 5) is 22.0. The number of nitrogens with one attached hydrogen (secondary N) is 1. The van der Waals surface area contributed by atoms with E-state index in [1.807, 2.05) is 63.2 Å². The van der Waals surface area contributed by atoms with Gasteiger partial charge in [-0.25, -0.2) is 4.98 Å². The minimum atomic E-state index is -0.458. The lowest BCUT2D eigenvalue weighted by Gasteiger charge is -2.30. The highest BCUT2D eigenvalue weighted by molar-refractivity contribution is 5.97. The summed E-state index contributed by atoms with van der Waals surface area (Å²) in [7, 11) is 1.89. The van der Waals surface area contributed by atoms with Gasteiger partial charge in [-0.2, -0.15) is 0 Å². The third-order valence-electron chi connectivity index (χ3n) is 5.13. The fourth-order valence-corrected chi connectivity index (χ4v) is 3.35. The van der Waals surface area contributed by atoms with Gasteiger partial charge in [-0.15, -0.1) is 0 Å². The number of carbonyl (C=O) groups excluding carboxylic acids is 1. The molecule has 3 rings (SSSR count). The second-order valence-corrected chi connectivity index (χ2v) is 8.48. The maximum Gasteiger partial charge on any atom is 0.232 e. The molecular weight excluding hydrogens is 348 g/mol. The van der Waals surface area contributed by atoms with E-state index in [-0.39, 0.29) is 5.91 Å². The number of amides is 1. The van der Waals surface area contributed by atoms with Gasteiger partial charge in [0, 0.05) is 42.6 Å². The van der Waals surface area contributed by atoms with E-state index in [4.69, 9.17) is 0 Å². The van der Waals surface area contributed by atoms with Crippen LogP contribution in [0.3, 0.4) is 0 Å². The van der Waals surface area contributed by atoms with Crippen molar-refractivity contribution < 1.29 is 4.79 Å². The molecule has 0 atom stereocenters. The molecule has 0 bridgehead atoms. The minimum Gasteiger partial charge on any atom is -0.388 e. The summed E-state index contributed by atoms with van der Waals surface area (Å²) in [5.41, 5.74) is 2.50.